The molecular weight excluding hydrogens is 331 g/mol. The second-order valence-corrected chi connectivity index (χ2v) is 8.18. The van der Waals surface area contributed by atoms with Crippen LogP contribution in [0.2, 0.25) is 0 Å². The molecule has 0 spiro atoms. The van der Waals surface area contributed by atoms with E-state index in [1.165, 1.54) is 6.20 Å². The molecule has 0 bridgehead atoms. The first kappa shape index (κ1) is 18.0. The van der Waals surface area contributed by atoms with Crippen molar-refractivity contribution in [2.45, 2.75) is 51.2 Å². The highest BCUT2D eigenvalue weighted by molar-refractivity contribution is 7.90. The number of aromatic nitrogens is 4. The lowest BCUT2D eigenvalue weighted by Gasteiger charge is -2.26. The zero-order valence-electron chi connectivity index (χ0n) is 13.2. The van der Waals surface area contributed by atoms with E-state index in [1.54, 1.807) is 13.0 Å². The summed E-state index contributed by atoms with van der Waals surface area (Å²) in [6, 6.07) is 1.21. The third kappa shape index (κ3) is 4.55. The fourth-order valence-corrected chi connectivity index (χ4v) is 2.60. The van der Waals surface area contributed by atoms with Gasteiger partial charge < -0.3 is 4.55 Å². The summed E-state index contributed by atoms with van der Waals surface area (Å²) in [6.07, 6.45) is -3.08. The highest BCUT2D eigenvalue weighted by Crippen LogP contribution is 2.23. The minimum Gasteiger partial charge on any atom is -0.598 e. The van der Waals surface area contributed by atoms with Crippen LogP contribution in [0.4, 0.5) is 13.2 Å². The number of alkyl halides is 3. The van der Waals surface area contributed by atoms with Crippen LogP contribution < -0.4 is 4.72 Å². The number of rotatable bonds is 4. The van der Waals surface area contributed by atoms with Gasteiger partial charge in [-0.05, 0) is 33.8 Å². The maximum absolute atomic E-state index is 12.5. The summed E-state index contributed by atoms with van der Waals surface area (Å²) in [6.45, 7) is 6.07. The molecule has 2 heterocycles. The lowest BCUT2D eigenvalue weighted by molar-refractivity contribution is -0.142. The molecule has 0 aliphatic heterocycles. The standard InChI is InChI=1S/C13H18F3N5OS/c1-8(19-23(22)12(2,3)4)9-5-10-11(6-17-9)21(20-18-10)7-13(14,15)16/h5-6,8,19H,7H2,1-4H3/t8-,23?/m1/s1. The van der Waals surface area contributed by atoms with E-state index in [4.69, 9.17) is 0 Å². The number of hydrogen-bond acceptors (Lipinski definition) is 5. The zero-order chi connectivity index (χ0) is 17.4. The first-order valence-electron chi connectivity index (χ1n) is 6.91. The minimum absolute atomic E-state index is 0.204. The topological polar surface area (TPSA) is 78.7 Å². The molecule has 0 aromatic carbocycles. The van der Waals surface area contributed by atoms with Gasteiger partial charge >= 0.3 is 6.18 Å². The van der Waals surface area contributed by atoms with Crippen LogP contribution in [0.1, 0.15) is 39.4 Å². The van der Waals surface area contributed by atoms with Crippen molar-refractivity contribution in [3.63, 3.8) is 0 Å². The smallest absolute Gasteiger partial charge is 0.408 e. The van der Waals surface area contributed by atoms with Crippen LogP contribution in [-0.4, -0.2) is 35.5 Å². The van der Waals surface area contributed by atoms with Crippen molar-refractivity contribution in [2.24, 2.45) is 0 Å². The van der Waals surface area contributed by atoms with E-state index in [0.717, 1.165) is 4.68 Å². The molecule has 2 rings (SSSR count). The number of pyridine rings is 1. The van der Waals surface area contributed by atoms with Gasteiger partial charge in [-0.1, -0.05) is 5.21 Å². The van der Waals surface area contributed by atoms with Crippen LogP contribution in [0.3, 0.4) is 0 Å². The molecular formula is C13H18F3N5OS. The van der Waals surface area contributed by atoms with Crippen molar-refractivity contribution >= 4 is 22.4 Å². The van der Waals surface area contributed by atoms with Crippen molar-refractivity contribution in [1.29, 1.82) is 0 Å². The summed E-state index contributed by atoms with van der Waals surface area (Å²) in [7, 11) is 0. The molecule has 2 atom stereocenters. The Bertz CT molecular complexity index is 682. The number of nitrogens with zero attached hydrogens (tertiary/aromatic N) is 4. The van der Waals surface area contributed by atoms with E-state index >= 15 is 0 Å². The second-order valence-electron chi connectivity index (χ2n) is 6.18. The van der Waals surface area contributed by atoms with Gasteiger partial charge in [0.15, 0.2) is 0 Å². The van der Waals surface area contributed by atoms with Crippen LogP contribution in [0.25, 0.3) is 11.0 Å². The summed E-state index contributed by atoms with van der Waals surface area (Å²) in [5.41, 5.74) is 1.05. The van der Waals surface area contributed by atoms with Crippen LogP contribution in [-0.2, 0) is 17.9 Å². The average molecular weight is 349 g/mol. The van der Waals surface area contributed by atoms with Gasteiger partial charge in [0, 0.05) is 11.4 Å². The monoisotopic (exact) mass is 349 g/mol. The lowest BCUT2D eigenvalue weighted by Crippen LogP contribution is -2.40. The maximum atomic E-state index is 12.5. The molecule has 0 amide bonds. The molecule has 0 fully saturated rings. The van der Waals surface area contributed by atoms with Crippen LogP contribution in [0, 0.1) is 0 Å². The quantitative estimate of drug-likeness (QED) is 0.858. The van der Waals surface area contributed by atoms with Crippen molar-refractivity contribution in [3.05, 3.63) is 18.0 Å². The van der Waals surface area contributed by atoms with Crippen molar-refractivity contribution in [1.82, 2.24) is 24.7 Å². The van der Waals surface area contributed by atoms with Crippen LogP contribution in [0.5, 0.6) is 0 Å². The SMILES string of the molecule is C[C@@H](N[S+]([O-])C(C)(C)C)c1cc2nnn(CC(F)(F)F)c2cn1. The van der Waals surface area contributed by atoms with Crippen molar-refractivity contribution in [2.75, 3.05) is 0 Å². The van der Waals surface area contributed by atoms with E-state index in [9.17, 15) is 17.7 Å². The fraction of sp³-hybridized carbons (Fsp3) is 0.615. The Kier molecular flexibility index (Phi) is 4.88. The molecule has 10 heteroatoms. The predicted octanol–water partition coefficient (Wildman–Crippen LogP) is 2.50. The summed E-state index contributed by atoms with van der Waals surface area (Å²) < 4.78 is 52.7. The van der Waals surface area contributed by atoms with Gasteiger partial charge in [-0.3, -0.25) is 4.98 Å². The van der Waals surface area contributed by atoms with Gasteiger partial charge in [-0.15, -0.1) is 9.82 Å². The lowest BCUT2D eigenvalue weighted by atomic mass is 10.2. The van der Waals surface area contributed by atoms with E-state index in [1.807, 2.05) is 20.8 Å². The Morgan fingerprint density at radius 1 is 1.35 bits per heavy atom. The Morgan fingerprint density at radius 2 is 2.00 bits per heavy atom. The molecule has 2 aromatic heterocycles. The number of halogens is 3. The third-order valence-electron chi connectivity index (χ3n) is 3.03. The molecule has 128 valence electrons. The van der Waals surface area contributed by atoms with E-state index < -0.39 is 28.8 Å². The molecule has 0 aliphatic carbocycles. The third-order valence-corrected chi connectivity index (χ3v) is 4.71. The first-order chi connectivity index (χ1) is 10.5. The van der Waals surface area contributed by atoms with Gasteiger partial charge in [0.25, 0.3) is 0 Å². The fourth-order valence-electron chi connectivity index (χ4n) is 1.80. The molecule has 0 aliphatic rings. The molecule has 1 unspecified atom stereocenters. The first-order valence-corrected chi connectivity index (χ1v) is 8.06. The number of fused-ring (bicyclic) bond motifs is 1. The van der Waals surface area contributed by atoms with E-state index in [2.05, 4.69) is 20.0 Å². The molecule has 23 heavy (non-hydrogen) atoms. The second kappa shape index (κ2) is 6.25. The average Bonchev–Trinajstić information content (AvgIpc) is 2.78. The molecule has 2 aromatic rings. The molecule has 0 saturated carbocycles. The van der Waals surface area contributed by atoms with Gasteiger partial charge in [0.05, 0.1) is 17.9 Å². The van der Waals surface area contributed by atoms with Gasteiger partial charge in [0.2, 0.25) is 0 Å². The predicted molar refractivity (Wildman–Crippen MR) is 80.8 cm³/mol. The Balaban J connectivity index is 2.21. The summed E-state index contributed by atoms with van der Waals surface area (Å²) in [5, 5.41) is 7.25. The Labute approximate surface area is 134 Å². The summed E-state index contributed by atoms with van der Waals surface area (Å²) in [5.74, 6) is 0. The number of hydrogen-bond donors (Lipinski definition) is 1. The highest BCUT2D eigenvalue weighted by atomic mass is 32.2. The zero-order valence-corrected chi connectivity index (χ0v) is 14.0. The summed E-state index contributed by atoms with van der Waals surface area (Å²) >= 11 is -1.29. The van der Waals surface area contributed by atoms with E-state index in [0.29, 0.717) is 11.2 Å². The van der Waals surface area contributed by atoms with Gasteiger partial charge in [0.1, 0.15) is 22.3 Å². The Morgan fingerprint density at radius 3 is 2.57 bits per heavy atom. The highest BCUT2D eigenvalue weighted by Gasteiger charge is 2.30. The van der Waals surface area contributed by atoms with Crippen LogP contribution in [0.15, 0.2) is 12.3 Å². The van der Waals surface area contributed by atoms with E-state index in [-0.39, 0.29) is 11.6 Å². The summed E-state index contributed by atoms with van der Waals surface area (Å²) in [4.78, 5) is 4.14. The van der Waals surface area contributed by atoms with Crippen molar-refractivity contribution < 1.29 is 17.7 Å². The largest absolute Gasteiger partial charge is 0.598 e. The maximum Gasteiger partial charge on any atom is 0.408 e. The molecule has 6 nitrogen and oxygen atoms in total. The minimum atomic E-state index is -4.38. The molecule has 1 N–H and O–H groups in total. The molecule has 0 radical (unpaired) electrons. The normalized spacial score (nSPS) is 15.8. The molecule has 0 saturated heterocycles. The van der Waals surface area contributed by atoms with Gasteiger partial charge in [-0.25, -0.2) is 4.68 Å². The van der Waals surface area contributed by atoms with Crippen molar-refractivity contribution in [3.8, 4) is 0 Å². The Hall–Kier alpha value is -1.39. The van der Waals surface area contributed by atoms with Crippen LogP contribution >= 0.6 is 0 Å². The number of nitrogens with one attached hydrogen (secondary N) is 1. The van der Waals surface area contributed by atoms with Gasteiger partial charge in [-0.2, -0.15) is 13.2 Å².